The zero-order chi connectivity index (χ0) is 30.0. The van der Waals surface area contributed by atoms with Gasteiger partial charge < -0.3 is 18.9 Å². The third-order valence-corrected chi connectivity index (χ3v) is 6.99. The van der Waals surface area contributed by atoms with Gasteiger partial charge in [-0.2, -0.15) is 0 Å². The molecule has 0 aliphatic carbocycles. The second-order valence-corrected chi connectivity index (χ2v) is 10.7. The highest BCUT2D eigenvalue weighted by Crippen LogP contribution is 2.22. The van der Waals surface area contributed by atoms with Crippen LogP contribution in [0.4, 0.5) is 0 Å². The fraction of sp³-hybridized carbons (Fsp3) is 0.444. The quantitative estimate of drug-likeness (QED) is 0.0806. The summed E-state index contributed by atoms with van der Waals surface area (Å²) in [6, 6.07) is 20.3. The lowest BCUT2D eigenvalue weighted by atomic mass is 10.1. The maximum atomic E-state index is 12.6. The van der Waals surface area contributed by atoms with E-state index in [9.17, 15) is 9.59 Å². The smallest absolute Gasteiger partial charge is 0.343 e. The van der Waals surface area contributed by atoms with Crippen molar-refractivity contribution in [3.63, 3.8) is 0 Å². The van der Waals surface area contributed by atoms with E-state index < -0.39 is 11.9 Å². The fourth-order valence-corrected chi connectivity index (χ4v) is 4.49. The van der Waals surface area contributed by atoms with Gasteiger partial charge in [0, 0.05) is 0 Å². The summed E-state index contributed by atoms with van der Waals surface area (Å²) < 4.78 is 22.7. The van der Waals surface area contributed by atoms with Crippen LogP contribution in [-0.4, -0.2) is 24.6 Å². The monoisotopic (exact) mass is 574 g/mol. The van der Waals surface area contributed by atoms with Crippen LogP contribution in [0.25, 0.3) is 0 Å². The van der Waals surface area contributed by atoms with Crippen LogP contribution in [0, 0.1) is 0 Å². The van der Waals surface area contributed by atoms with Crippen LogP contribution in [0.1, 0.15) is 112 Å². The third kappa shape index (κ3) is 12.0. The van der Waals surface area contributed by atoms with E-state index in [1.807, 2.05) is 0 Å². The first kappa shape index (κ1) is 32.7. The lowest BCUT2D eigenvalue weighted by Crippen LogP contribution is -2.12. The first-order valence-corrected chi connectivity index (χ1v) is 15.5. The number of hydrogen-bond acceptors (Lipinski definition) is 6. The summed E-state index contributed by atoms with van der Waals surface area (Å²) in [6.07, 6.45) is 13.2. The van der Waals surface area contributed by atoms with E-state index in [1.165, 1.54) is 51.4 Å². The van der Waals surface area contributed by atoms with E-state index in [2.05, 4.69) is 20.8 Å². The van der Waals surface area contributed by atoms with Crippen LogP contribution in [-0.2, 0) is 0 Å². The van der Waals surface area contributed by atoms with Crippen LogP contribution >= 0.6 is 0 Å². The number of carbonyl (C=O) groups is 2. The molecule has 0 N–H and O–H groups in total. The Hall–Kier alpha value is -3.80. The number of rotatable bonds is 19. The molecule has 0 fully saturated rings. The van der Waals surface area contributed by atoms with E-state index in [4.69, 9.17) is 18.9 Å². The van der Waals surface area contributed by atoms with Crippen LogP contribution in [0.3, 0.4) is 0 Å². The molecule has 42 heavy (non-hydrogen) atoms. The summed E-state index contributed by atoms with van der Waals surface area (Å²) >= 11 is 0. The van der Waals surface area contributed by atoms with E-state index in [1.54, 1.807) is 72.8 Å². The number of unbranched alkanes of at least 4 members (excludes halogenated alkanes) is 8. The molecule has 0 aromatic heterocycles. The number of hydrogen-bond donors (Lipinski definition) is 0. The lowest BCUT2D eigenvalue weighted by molar-refractivity contribution is 0.0719. The van der Waals surface area contributed by atoms with Crippen molar-refractivity contribution in [2.45, 2.75) is 97.5 Å². The zero-order valence-corrected chi connectivity index (χ0v) is 25.4. The molecule has 0 amide bonds. The zero-order valence-electron chi connectivity index (χ0n) is 25.4. The van der Waals surface area contributed by atoms with Gasteiger partial charge in [-0.05, 0) is 99.0 Å². The normalized spacial score (nSPS) is 11.5. The van der Waals surface area contributed by atoms with Gasteiger partial charge in [0.1, 0.15) is 23.0 Å². The number of benzene rings is 3. The summed E-state index contributed by atoms with van der Waals surface area (Å²) in [5, 5.41) is 0. The lowest BCUT2D eigenvalue weighted by Gasteiger charge is -2.14. The van der Waals surface area contributed by atoms with Crippen molar-refractivity contribution in [1.29, 1.82) is 0 Å². The second-order valence-electron chi connectivity index (χ2n) is 10.7. The molecule has 0 bridgehead atoms. The van der Waals surface area contributed by atoms with Gasteiger partial charge in [-0.25, -0.2) is 9.59 Å². The van der Waals surface area contributed by atoms with E-state index in [0.717, 1.165) is 30.8 Å². The van der Waals surface area contributed by atoms with Crippen LogP contribution in [0.15, 0.2) is 72.8 Å². The average molecular weight is 575 g/mol. The highest BCUT2D eigenvalue weighted by Gasteiger charge is 2.12. The van der Waals surface area contributed by atoms with Crippen molar-refractivity contribution < 1.29 is 28.5 Å². The van der Waals surface area contributed by atoms with Crippen molar-refractivity contribution in [3.05, 3.63) is 83.9 Å². The molecule has 1 unspecified atom stereocenters. The van der Waals surface area contributed by atoms with Gasteiger partial charge in [-0.3, -0.25) is 0 Å². The Balaban J connectivity index is 1.40. The predicted molar refractivity (Wildman–Crippen MR) is 167 cm³/mol. The largest absolute Gasteiger partial charge is 0.494 e. The SMILES string of the molecule is CCCCCCCCOc1ccc(C(=O)Oc2ccc(OC(=O)c3ccc(OC(C)CCCCCC)cc3)cc2)cc1. The topological polar surface area (TPSA) is 71.1 Å². The molecular weight excluding hydrogens is 528 g/mol. The maximum Gasteiger partial charge on any atom is 0.343 e. The second kappa shape index (κ2) is 18.6. The molecule has 0 aliphatic heterocycles. The summed E-state index contributed by atoms with van der Waals surface area (Å²) in [6.45, 7) is 7.16. The standard InChI is InChI=1S/C36H46O6/c1-4-6-8-10-11-13-27-39-31-19-15-29(16-20-31)35(37)41-33-23-25-34(26-24-33)42-36(38)30-17-21-32(22-18-30)40-28(3)14-12-9-7-5-2/h15-26,28H,4-14,27H2,1-3H3. The average Bonchev–Trinajstić information content (AvgIpc) is 3.00. The van der Waals surface area contributed by atoms with Gasteiger partial charge in [-0.15, -0.1) is 0 Å². The molecule has 6 nitrogen and oxygen atoms in total. The van der Waals surface area contributed by atoms with Crippen molar-refractivity contribution in [1.82, 2.24) is 0 Å². The molecule has 0 saturated carbocycles. The Kier molecular flexibility index (Phi) is 14.5. The highest BCUT2D eigenvalue weighted by atomic mass is 16.5. The van der Waals surface area contributed by atoms with Crippen molar-refractivity contribution in [3.8, 4) is 23.0 Å². The van der Waals surface area contributed by atoms with Gasteiger partial charge in [0.25, 0.3) is 0 Å². The highest BCUT2D eigenvalue weighted by molar-refractivity contribution is 5.92. The summed E-state index contributed by atoms with van der Waals surface area (Å²) in [5.41, 5.74) is 0.851. The van der Waals surface area contributed by atoms with Gasteiger partial charge in [0.05, 0.1) is 23.8 Å². The van der Waals surface area contributed by atoms with Crippen LogP contribution in [0.2, 0.25) is 0 Å². The Labute approximate surface area is 251 Å². The van der Waals surface area contributed by atoms with Crippen molar-refractivity contribution in [2.24, 2.45) is 0 Å². The molecule has 0 spiro atoms. The maximum absolute atomic E-state index is 12.6. The first-order chi connectivity index (χ1) is 20.5. The van der Waals surface area contributed by atoms with Crippen molar-refractivity contribution >= 4 is 11.9 Å². The number of esters is 2. The fourth-order valence-electron chi connectivity index (χ4n) is 4.49. The first-order valence-electron chi connectivity index (χ1n) is 15.5. The molecule has 0 heterocycles. The minimum absolute atomic E-state index is 0.125. The van der Waals surface area contributed by atoms with Crippen molar-refractivity contribution in [2.75, 3.05) is 6.61 Å². The Morgan fingerprint density at radius 2 is 0.976 bits per heavy atom. The molecule has 0 aliphatic rings. The predicted octanol–water partition coefficient (Wildman–Crippen LogP) is 9.60. The minimum Gasteiger partial charge on any atom is -0.494 e. The molecule has 6 heteroatoms. The summed E-state index contributed by atoms with van der Waals surface area (Å²) in [4.78, 5) is 25.2. The molecule has 3 aromatic rings. The van der Waals surface area contributed by atoms with Gasteiger partial charge in [-0.1, -0.05) is 65.2 Å². The molecule has 226 valence electrons. The Bertz CT molecular complexity index is 1190. The van der Waals surface area contributed by atoms with Crippen LogP contribution < -0.4 is 18.9 Å². The van der Waals surface area contributed by atoms with E-state index >= 15 is 0 Å². The van der Waals surface area contributed by atoms with E-state index in [0.29, 0.717) is 29.2 Å². The molecule has 0 saturated heterocycles. The molecular formula is C36H46O6. The molecule has 0 radical (unpaired) electrons. The Morgan fingerprint density at radius 3 is 1.50 bits per heavy atom. The molecule has 1 atom stereocenters. The summed E-state index contributed by atoms with van der Waals surface area (Å²) in [5.74, 6) is 1.23. The Morgan fingerprint density at radius 1 is 0.548 bits per heavy atom. The van der Waals surface area contributed by atoms with E-state index in [-0.39, 0.29) is 6.10 Å². The summed E-state index contributed by atoms with van der Waals surface area (Å²) in [7, 11) is 0. The number of ether oxygens (including phenoxy) is 4. The van der Waals surface area contributed by atoms with Crippen LogP contribution in [0.5, 0.6) is 23.0 Å². The minimum atomic E-state index is -0.474. The van der Waals surface area contributed by atoms with Gasteiger partial charge >= 0.3 is 11.9 Å². The number of carbonyl (C=O) groups excluding carboxylic acids is 2. The molecule has 3 aromatic carbocycles. The van der Waals surface area contributed by atoms with Gasteiger partial charge in [0.15, 0.2) is 0 Å². The third-order valence-electron chi connectivity index (χ3n) is 6.99. The van der Waals surface area contributed by atoms with Gasteiger partial charge in [0.2, 0.25) is 0 Å². The molecule has 3 rings (SSSR count).